The second kappa shape index (κ2) is 6.96. The van der Waals surface area contributed by atoms with Gasteiger partial charge in [0.1, 0.15) is 0 Å². The van der Waals surface area contributed by atoms with Gasteiger partial charge in [0.25, 0.3) is 5.91 Å². The smallest absolute Gasteiger partial charge is 0.417 e. The number of nitrogens with one attached hydrogen (secondary N) is 1. The second-order valence-electron chi connectivity index (χ2n) is 4.88. The van der Waals surface area contributed by atoms with Gasteiger partial charge in [-0.3, -0.25) is 9.59 Å². The first kappa shape index (κ1) is 17.9. The zero-order valence-corrected chi connectivity index (χ0v) is 13.1. The molecule has 0 unspecified atom stereocenters. The molecule has 1 N–H and O–H groups in total. The number of nitrogens with zero attached hydrogens (tertiary/aromatic N) is 1. The molecule has 0 saturated carbocycles. The molecule has 0 aliphatic rings. The van der Waals surface area contributed by atoms with Crippen LogP contribution in [0.5, 0.6) is 0 Å². The van der Waals surface area contributed by atoms with E-state index >= 15 is 0 Å². The van der Waals surface area contributed by atoms with Crippen LogP contribution in [0, 0.1) is 0 Å². The zero-order valence-electron chi connectivity index (χ0n) is 12.4. The molecular formula is C15H12ClF3N2O3. The fraction of sp³-hybridized carbons (Fsp3) is 0.200. The second-order valence-corrected chi connectivity index (χ2v) is 5.29. The molecule has 0 aliphatic carbocycles. The van der Waals surface area contributed by atoms with Gasteiger partial charge in [-0.1, -0.05) is 11.6 Å². The maximum Gasteiger partial charge on any atom is 0.417 e. The van der Waals surface area contributed by atoms with Crippen LogP contribution in [0.4, 0.5) is 18.9 Å². The lowest BCUT2D eigenvalue weighted by molar-refractivity contribution is -0.137. The maximum absolute atomic E-state index is 12.8. The number of hydrogen-bond acceptors (Lipinski definition) is 3. The molecule has 0 saturated heterocycles. The molecule has 128 valence electrons. The highest BCUT2D eigenvalue weighted by molar-refractivity contribution is 6.31. The summed E-state index contributed by atoms with van der Waals surface area (Å²) < 4.78 is 43.3. The van der Waals surface area contributed by atoms with Gasteiger partial charge in [-0.2, -0.15) is 13.2 Å². The minimum Gasteiger partial charge on any atom is -0.459 e. The lowest BCUT2D eigenvalue weighted by Crippen LogP contribution is -2.34. The normalized spacial score (nSPS) is 11.2. The molecule has 0 bridgehead atoms. The highest BCUT2D eigenvalue weighted by atomic mass is 35.5. The van der Waals surface area contributed by atoms with Crippen molar-refractivity contribution in [3.05, 3.63) is 52.9 Å². The van der Waals surface area contributed by atoms with Crippen LogP contribution < -0.4 is 5.32 Å². The molecule has 5 nitrogen and oxygen atoms in total. The van der Waals surface area contributed by atoms with Crippen LogP contribution >= 0.6 is 11.6 Å². The van der Waals surface area contributed by atoms with E-state index in [0.29, 0.717) is 0 Å². The van der Waals surface area contributed by atoms with Gasteiger partial charge in [0.05, 0.1) is 23.4 Å². The number of hydrogen-bond donors (Lipinski definition) is 1. The first-order valence-corrected chi connectivity index (χ1v) is 7.02. The third-order valence-electron chi connectivity index (χ3n) is 3.01. The number of carbonyl (C=O) groups is 2. The molecule has 0 fully saturated rings. The number of rotatable bonds is 4. The Kier molecular flexibility index (Phi) is 5.18. The molecule has 1 heterocycles. The number of amides is 2. The maximum atomic E-state index is 12.8. The molecule has 2 rings (SSSR count). The van der Waals surface area contributed by atoms with E-state index in [-0.39, 0.29) is 18.0 Å². The monoisotopic (exact) mass is 360 g/mol. The van der Waals surface area contributed by atoms with Crippen LogP contribution in [0.25, 0.3) is 0 Å². The summed E-state index contributed by atoms with van der Waals surface area (Å²) in [6.07, 6.45) is -3.32. The van der Waals surface area contributed by atoms with Crippen LogP contribution in [0.15, 0.2) is 41.0 Å². The van der Waals surface area contributed by atoms with Crippen LogP contribution in [0.2, 0.25) is 5.02 Å². The van der Waals surface area contributed by atoms with Crippen molar-refractivity contribution >= 4 is 29.1 Å². The Labute approximate surface area is 140 Å². The lowest BCUT2D eigenvalue weighted by Gasteiger charge is -2.16. The summed E-state index contributed by atoms with van der Waals surface area (Å²) in [5.74, 6) is -1.13. The highest BCUT2D eigenvalue weighted by Gasteiger charge is 2.33. The number of anilines is 1. The van der Waals surface area contributed by atoms with E-state index in [0.717, 1.165) is 17.0 Å². The summed E-state index contributed by atoms with van der Waals surface area (Å²) in [5.41, 5.74) is -1.13. The van der Waals surface area contributed by atoms with Gasteiger partial charge in [0.2, 0.25) is 5.91 Å². The molecule has 2 aromatic rings. The Morgan fingerprint density at radius 3 is 2.58 bits per heavy atom. The minimum atomic E-state index is -4.64. The Balaban J connectivity index is 2.03. The number of benzene rings is 1. The summed E-state index contributed by atoms with van der Waals surface area (Å²) in [4.78, 5) is 24.9. The fourth-order valence-corrected chi connectivity index (χ4v) is 2.12. The third kappa shape index (κ3) is 4.29. The molecule has 2 amide bonds. The molecule has 0 spiro atoms. The van der Waals surface area contributed by atoms with Gasteiger partial charge in [-0.05, 0) is 30.3 Å². The average molecular weight is 361 g/mol. The van der Waals surface area contributed by atoms with Crippen molar-refractivity contribution in [2.24, 2.45) is 0 Å². The van der Waals surface area contributed by atoms with Crippen molar-refractivity contribution in [3.8, 4) is 0 Å². The van der Waals surface area contributed by atoms with Crippen molar-refractivity contribution < 1.29 is 27.2 Å². The zero-order chi connectivity index (χ0) is 17.9. The number of halogens is 4. The highest BCUT2D eigenvalue weighted by Crippen LogP contribution is 2.36. The van der Waals surface area contributed by atoms with E-state index in [2.05, 4.69) is 5.32 Å². The van der Waals surface area contributed by atoms with E-state index in [4.69, 9.17) is 16.0 Å². The predicted octanol–water partition coefficient (Wildman–Crippen LogP) is 3.66. The van der Waals surface area contributed by atoms with Gasteiger partial charge >= 0.3 is 6.18 Å². The summed E-state index contributed by atoms with van der Waals surface area (Å²) in [7, 11) is 1.37. The first-order chi connectivity index (χ1) is 11.2. The molecule has 9 heteroatoms. The molecule has 1 aromatic heterocycles. The van der Waals surface area contributed by atoms with Gasteiger partial charge in [0.15, 0.2) is 5.76 Å². The van der Waals surface area contributed by atoms with Crippen LogP contribution in [-0.4, -0.2) is 30.3 Å². The number of furan rings is 1. The van der Waals surface area contributed by atoms with Crippen molar-refractivity contribution in [2.75, 3.05) is 18.9 Å². The quantitative estimate of drug-likeness (QED) is 0.905. The summed E-state index contributed by atoms with van der Waals surface area (Å²) in [6, 6.07) is 5.97. The molecule has 0 radical (unpaired) electrons. The third-order valence-corrected chi connectivity index (χ3v) is 3.34. The van der Waals surface area contributed by atoms with Gasteiger partial charge in [-0.25, -0.2) is 0 Å². The van der Waals surface area contributed by atoms with Crippen molar-refractivity contribution in [2.45, 2.75) is 6.18 Å². The van der Waals surface area contributed by atoms with Crippen molar-refractivity contribution in [1.82, 2.24) is 4.90 Å². The predicted molar refractivity (Wildman–Crippen MR) is 80.8 cm³/mol. The number of alkyl halides is 3. The van der Waals surface area contributed by atoms with Gasteiger partial charge in [0, 0.05) is 12.7 Å². The van der Waals surface area contributed by atoms with Crippen LogP contribution in [0.1, 0.15) is 16.1 Å². The Bertz CT molecular complexity index is 745. The van der Waals surface area contributed by atoms with E-state index in [9.17, 15) is 22.8 Å². The van der Waals surface area contributed by atoms with Crippen LogP contribution in [-0.2, 0) is 11.0 Å². The Morgan fingerprint density at radius 1 is 1.29 bits per heavy atom. The molecular weight excluding hydrogens is 349 g/mol. The molecule has 0 atom stereocenters. The fourth-order valence-electron chi connectivity index (χ4n) is 1.90. The van der Waals surface area contributed by atoms with Gasteiger partial charge in [-0.15, -0.1) is 0 Å². The molecule has 0 aliphatic heterocycles. The average Bonchev–Trinajstić information content (AvgIpc) is 3.01. The SMILES string of the molecule is CN(CC(=O)Nc1ccc(Cl)c(C(F)(F)F)c1)C(=O)c1ccco1. The Hall–Kier alpha value is -2.48. The minimum absolute atomic E-state index is 0.0520. The topological polar surface area (TPSA) is 62.6 Å². The van der Waals surface area contributed by atoms with E-state index in [1.54, 1.807) is 0 Å². The summed E-state index contributed by atoms with van der Waals surface area (Å²) >= 11 is 5.50. The van der Waals surface area contributed by atoms with Crippen molar-refractivity contribution in [1.29, 1.82) is 0 Å². The Morgan fingerprint density at radius 2 is 2.00 bits per heavy atom. The van der Waals surface area contributed by atoms with E-state index in [1.807, 2.05) is 0 Å². The van der Waals surface area contributed by atoms with Gasteiger partial charge < -0.3 is 14.6 Å². The standard InChI is InChI=1S/C15H12ClF3N2O3/c1-21(14(23)12-3-2-6-24-12)8-13(22)20-9-4-5-11(16)10(7-9)15(17,18)19/h2-7H,8H2,1H3,(H,20,22). The largest absolute Gasteiger partial charge is 0.459 e. The number of carbonyl (C=O) groups excluding carboxylic acids is 2. The van der Waals surface area contributed by atoms with E-state index < -0.39 is 28.6 Å². The van der Waals surface area contributed by atoms with Crippen molar-refractivity contribution in [3.63, 3.8) is 0 Å². The van der Waals surface area contributed by atoms with E-state index in [1.165, 1.54) is 31.5 Å². The first-order valence-electron chi connectivity index (χ1n) is 6.64. The molecule has 24 heavy (non-hydrogen) atoms. The summed E-state index contributed by atoms with van der Waals surface area (Å²) in [5, 5.41) is 1.82. The lowest BCUT2D eigenvalue weighted by atomic mass is 10.2. The number of likely N-dealkylation sites (N-methyl/N-ethyl adjacent to an activating group) is 1. The van der Waals surface area contributed by atoms with Crippen LogP contribution in [0.3, 0.4) is 0 Å². The summed E-state index contributed by atoms with van der Waals surface area (Å²) in [6.45, 7) is -0.358. The molecule has 1 aromatic carbocycles.